The maximum atomic E-state index is 12.3. The number of H-pyrrole nitrogens is 1. The van der Waals surface area contributed by atoms with Gasteiger partial charge in [0.15, 0.2) is 5.69 Å². The highest BCUT2D eigenvalue weighted by atomic mass is 19.4. The minimum absolute atomic E-state index is 0.379. The van der Waals surface area contributed by atoms with E-state index in [0.29, 0.717) is 18.5 Å². The Hall–Kier alpha value is -1.04. The molecule has 0 amide bonds. The minimum Gasteiger partial charge on any atom is -0.392 e. The summed E-state index contributed by atoms with van der Waals surface area (Å²) >= 11 is 0. The summed E-state index contributed by atoms with van der Waals surface area (Å²) < 4.78 is 36.8. The molecule has 0 radical (unpaired) electrons. The molecule has 2 rings (SSSR count). The number of nitrogens with zero attached hydrogens (tertiary/aromatic N) is 1. The van der Waals surface area contributed by atoms with Crippen LogP contribution < -0.4 is 0 Å². The molecule has 1 aromatic rings. The molecule has 0 aromatic carbocycles. The number of aromatic nitrogens is 2. The molecule has 1 aromatic heterocycles. The first-order valence-corrected chi connectivity index (χ1v) is 4.67. The minimum atomic E-state index is -4.43. The molecule has 1 heterocycles. The van der Waals surface area contributed by atoms with E-state index in [1.54, 1.807) is 6.92 Å². The number of aromatic amines is 1. The lowest BCUT2D eigenvalue weighted by Gasteiger charge is -2.15. The highest BCUT2D eigenvalue weighted by molar-refractivity contribution is 5.28. The fourth-order valence-corrected chi connectivity index (χ4v) is 1.77. The smallest absolute Gasteiger partial charge is 0.392 e. The molecule has 0 spiro atoms. The average molecular weight is 220 g/mol. The zero-order valence-electron chi connectivity index (χ0n) is 8.10. The van der Waals surface area contributed by atoms with Crippen molar-refractivity contribution in [1.82, 2.24) is 10.2 Å². The average Bonchev–Trinajstić information content (AvgIpc) is 2.75. The molecule has 1 aliphatic rings. The molecular formula is C9H11F3N2O. The van der Waals surface area contributed by atoms with E-state index in [9.17, 15) is 18.3 Å². The Balaban J connectivity index is 2.29. The third kappa shape index (κ3) is 1.62. The largest absolute Gasteiger partial charge is 0.435 e. The highest BCUT2D eigenvalue weighted by Gasteiger charge is 2.50. The van der Waals surface area contributed by atoms with E-state index in [0.717, 1.165) is 6.07 Å². The Bertz CT molecular complexity index is 366. The van der Waals surface area contributed by atoms with Crippen molar-refractivity contribution in [3.63, 3.8) is 0 Å². The highest BCUT2D eigenvalue weighted by Crippen LogP contribution is 2.50. The number of nitrogens with one attached hydrogen (secondary N) is 1. The van der Waals surface area contributed by atoms with Gasteiger partial charge in [-0.2, -0.15) is 18.3 Å². The maximum absolute atomic E-state index is 12.3. The Morgan fingerprint density at radius 1 is 1.53 bits per heavy atom. The topological polar surface area (TPSA) is 48.9 Å². The maximum Gasteiger partial charge on any atom is 0.435 e. The second-order valence-electron chi connectivity index (χ2n) is 4.00. The van der Waals surface area contributed by atoms with Crippen LogP contribution in [0.3, 0.4) is 0 Å². The van der Waals surface area contributed by atoms with Crippen molar-refractivity contribution < 1.29 is 18.3 Å². The van der Waals surface area contributed by atoms with Gasteiger partial charge < -0.3 is 5.11 Å². The monoisotopic (exact) mass is 220 g/mol. The normalized spacial score (nSPS) is 21.4. The van der Waals surface area contributed by atoms with Gasteiger partial charge in [-0.15, -0.1) is 0 Å². The molecule has 1 unspecified atom stereocenters. The fraction of sp³-hybridized carbons (Fsp3) is 0.667. The lowest BCUT2D eigenvalue weighted by molar-refractivity contribution is -0.141. The van der Waals surface area contributed by atoms with Crippen LogP contribution in [0.5, 0.6) is 0 Å². The number of aliphatic hydroxyl groups excluding tert-OH is 1. The standard InChI is InChI=1S/C9H11F3N2O/c1-5(15)8(2-3-8)6-4-7(14-13-6)9(10,11)12/h4-5,15H,2-3H2,1H3,(H,13,14). The molecule has 1 fully saturated rings. The Morgan fingerprint density at radius 2 is 2.13 bits per heavy atom. The molecule has 1 saturated carbocycles. The van der Waals surface area contributed by atoms with Crippen LogP contribution >= 0.6 is 0 Å². The zero-order valence-corrected chi connectivity index (χ0v) is 8.10. The van der Waals surface area contributed by atoms with Crippen LogP contribution in [0.25, 0.3) is 0 Å². The van der Waals surface area contributed by atoms with Crippen LogP contribution in [0, 0.1) is 0 Å². The van der Waals surface area contributed by atoms with Gasteiger partial charge in [0, 0.05) is 11.1 Å². The molecule has 84 valence electrons. The predicted molar refractivity (Wildman–Crippen MR) is 46.2 cm³/mol. The van der Waals surface area contributed by atoms with Gasteiger partial charge >= 0.3 is 6.18 Å². The van der Waals surface area contributed by atoms with Crippen LogP contribution in [0.1, 0.15) is 31.2 Å². The predicted octanol–water partition coefficient (Wildman–Crippen LogP) is 1.84. The second-order valence-corrected chi connectivity index (χ2v) is 4.00. The third-order valence-corrected chi connectivity index (χ3v) is 2.99. The summed E-state index contributed by atoms with van der Waals surface area (Å²) in [6.45, 7) is 1.58. The summed E-state index contributed by atoms with van der Waals surface area (Å²) in [4.78, 5) is 0. The number of halogens is 3. The van der Waals surface area contributed by atoms with E-state index in [1.165, 1.54) is 0 Å². The van der Waals surface area contributed by atoms with Crippen LogP contribution in [-0.4, -0.2) is 21.4 Å². The first-order valence-electron chi connectivity index (χ1n) is 4.67. The number of aliphatic hydroxyl groups is 1. The molecule has 0 aliphatic heterocycles. The summed E-state index contributed by atoms with van der Waals surface area (Å²) in [6.07, 6.45) is -3.68. The van der Waals surface area contributed by atoms with Crippen LogP contribution in [0.15, 0.2) is 6.07 Å². The van der Waals surface area contributed by atoms with Crippen molar-refractivity contribution >= 4 is 0 Å². The Labute approximate surface area is 84.3 Å². The number of alkyl halides is 3. The van der Waals surface area contributed by atoms with Gasteiger partial charge in [-0.25, -0.2) is 0 Å². The van der Waals surface area contributed by atoms with Crippen molar-refractivity contribution in [2.45, 2.75) is 37.5 Å². The molecule has 15 heavy (non-hydrogen) atoms. The van der Waals surface area contributed by atoms with E-state index >= 15 is 0 Å². The van der Waals surface area contributed by atoms with E-state index in [-0.39, 0.29) is 0 Å². The molecular weight excluding hydrogens is 209 g/mol. The van der Waals surface area contributed by atoms with E-state index in [4.69, 9.17) is 0 Å². The summed E-state index contributed by atoms with van der Waals surface area (Å²) in [7, 11) is 0. The molecule has 1 aliphatic carbocycles. The van der Waals surface area contributed by atoms with E-state index < -0.39 is 23.4 Å². The van der Waals surface area contributed by atoms with Crippen molar-refractivity contribution in [2.24, 2.45) is 0 Å². The summed E-state index contributed by atoms with van der Waals surface area (Å²) in [5, 5.41) is 15.1. The summed E-state index contributed by atoms with van der Waals surface area (Å²) in [5.74, 6) is 0. The van der Waals surface area contributed by atoms with Gasteiger partial charge in [-0.3, -0.25) is 5.10 Å². The second kappa shape index (κ2) is 2.98. The first kappa shape index (κ1) is 10.5. The van der Waals surface area contributed by atoms with Crippen molar-refractivity contribution in [2.75, 3.05) is 0 Å². The number of hydrogen-bond donors (Lipinski definition) is 2. The quantitative estimate of drug-likeness (QED) is 0.798. The van der Waals surface area contributed by atoms with Gasteiger partial charge in [0.1, 0.15) is 0 Å². The third-order valence-electron chi connectivity index (χ3n) is 2.99. The SMILES string of the molecule is CC(O)C1(c2cc(C(F)(F)F)n[nH]2)CC1. The van der Waals surface area contributed by atoms with Crippen LogP contribution in [0.2, 0.25) is 0 Å². The Morgan fingerprint density at radius 3 is 2.47 bits per heavy atom. The molecule has 2 N–H and O–H groups in total. The van der Waals surface area contributed by atoms with Crippen molar-refractivity contribution in [3.8, 4) is 0 Å². The van der Waals surface area contributed by atoms with Gasteiger partial charge in [0.25, 0.3) is 0 Å². The summed E-state index contributed by atoms with van der Waals surface area (Å²) in [6, 6.07) is 0.986. The lowest BCUT2D eigenvalue weighted by atomic mass is 9.96. The van der Waals surface area contributed by atoms with Gasteiger partial charge in [-0.05, 0) is 25.8 Å². The number of hydrogen-bond acceptors (Lipinski definition) is 2. The fourth-order valence-electron chi connectivity index (χ4n) is 1.77. The Kier molecular flexibility index (Phi) is 2.08. The molecule has 6 heteroatoms. The van der Waals surface area contributed by atoms with Gasteiger partial charge in [0.2, 0.25) is 0 Å². The summed E-state index contributed by atoms with van der Waals surface area (Å²) in [5.41, 5.74) is -1.08. The van der Waals surface area contributed by atoms with Crippen molar-refractivity contribution in [1.29, 1.82) is 0 Å². The molecule has 3 nitrogen and oxygen atoms in total. The van der Waals surface area contributed by atoms with Gasteiger partial charge in [-0.1, -0.05) is 0 Å². The molecule has 1 atom stereocenters. The zero-order chi connectivity index (χ0) is 11.3. The first-order chi connectivity index (χ1) is 6.86. The van der Waals surface area contributed by atoms with E-state index in [2.05, 4.69) is 10.2 Å². The molecule has 0 bridgehead atoms. The van der Waals surface area contributed by atoms with Crippen LogP contribution in [-0.2, 0) is 11.6 Å². The van der Waals surface area contributed by atoms with Crippen molar-refractivity contribution in [3.05, 3.63) is 17.5 Å². The van der Waals surface area contributed by atoms with Crippen LogP contribution in [0.4, 0.5) is 13.2 Å². The van der Waals surface area contributed by atoms with E-state index in [1.807, 2.05) is 0 Å². The number of rotatable bonds is 2. The molecule has 0 saturated heterocycles. The van der Waals surface area contributed by atoms with Gasteiger partial charge in [0.05, 0.1) is 6.10 Å². The lowest BCUT2D eigenvalue weighted by Crippen LogP contribution is -2.22.